The molecule has 0 aliphatic carbocycles. The first kappa shape index (κ1) is 21.2. The van der Waals surface area contributed by atoms with E-state index >= 15 is 0 Å². The summed E-state index contributed by atoms with van der Waals surface area (Å²) in [5.74, 6) is -0.280. The summed E-state index contributed by atoms with van der Waals surface area (Å²) in [7, 11) is 2.16. The lowest BCUT2D eigenvalue weighted by atomic mass is 9.73. The normalized spacial score (nSPS) is 16.0. The number of benzene rings is 3. The third-order valence-corrected chi connectivity index (χ3v) is 6.28. The Labute approximate surface area is 183 Å². The Kier molecular flexibility index (Phi) is 6.46. The summed E-state index contributed by atoms with van der Waals surface area (Å²) < 4.78 is 20.5. The van der Waals surface area contributed by atoms with E-state index in [4.69, 9.17) is 10.00 Å². The Morgan fingerprint density at radius 1 is 0.968 bits per heavy atom. The van der Waals surface area contributed by atoms with Crippen molar-refractivity contribution in [3.8, 4) is 17.2 Å². The van der Waals surface area contributed by atoms with Gasteiger partial charge in [-0.15, -0.1) is 0 Å². The maximum atomic E-state index is 14.3. The zero-order valence-electron chi connectivity index (χ0n) is 17.9. The van der Waals surface area contributed by atoms with E-state index in [9.17, 15) is 4.39 Å². The molecule has 0 amide bonds. The first-order valence-corrected chi connectivity index (χ1v) is 10.7. The van der Waals surface area contributed by atoms with Crippen molar-refractivity contribution in [3.63, 3.8) is 0 Å². The summed E-state index contributed by atoms with van der Waals surface area (Å²) in [6, 6.07) is 24.9. The SMILES string of the molecule is CN1CCC(COCc2cc(F)cc(-c3ccc(C#N)cc3)c2)(c2ccccc2)CC1. The number of halogens is 1. The minimum atomic E-state index is -0.280. The van der Waals surface area contributed by atoms with Crippen LogP contribution in [0.4, 0.5) is 4.39 Å². The van der Waals surface area contributed by atoms with Gasteiger partial charge in [0.2, 0.25) is 0 Å². The highest BCUT2D eigenvalue weighted by Crippen LogP contribution is 2.36. The predicted molar refractivity (Wildman–Crippen MR) is 121 cm³/mol. The molecule has 3 aromatic rings. The van der Waals surface area contributed by atoms with Crippen LogP contribution in [0.25, 0.3) is 11.1 Å². The van der Waals surface area contributed by atoms with Crippen molar-refractivity contribution >= 4 is 0 Å². The zero-order valence-corrected chi connectivity index (χ0v) is 17.9. The summed E-state index contributed by atoms with van der Waals surface area (Å²) >= 11 is 0. The van der Waals surface area contributed by atoms with E-state index in [0.717, 1.165) is 42.6 Å². The van der Waals surface area contributed by atoms with E-state index in [0.29, 0.717) is 18.8 Å². The molecule has 31 heavy (non-hydrogen) atoms. The Hall–Kier alpha value is -3.00. The molecule has 0 radical (unpaired) electrons. The largest absolute Gasteiger partial charge is 0.376 e. The van der Waals surface area contributed by atoms with Crippen molar-refractivity contribution in [2.75, 3.05) is 26.7 Å². The molecule has 0 saturated carbocycles. The van der Waals surface area contributed by atoms with Gasteiger partial charge in [0.25, 0.3) is 0 Å². The number of nitriles is 1. The average Bonchev–Trinajstić information content (AvgIpc) is 2.81. The number of piperidine rings is 1. The summed E-state index contributed by atoms with van der Waals surface area (Å²) in [6.07, 6.45) is 2.10. The van der Waals surface area contributed by atoms with Gasteiger partial charge in [0.1, 0.15) is 5.82 Å². The number of nitrogens with zero attached hydrogens (tertiary/aromatic N) is 2. The fraction of sp³-hybridized carbons (Fsp3) is 0.296. The lowest BCUT2D eigenvalue weighted by molar-refractivity contribution is 0.0407. The van der Waals surface area contributed by atoms with Crippen molar-refractivity contribution in [1.82, 2.24) is 4.90 Å². The van der Waals surface area contributed by atoms with Crippen molar-refractivity contribution < 1.29 is 9.13 Å². The second-order valence-electron chi connectivity index (χ2n) is 8.48. The molecular formula is C27H27FN2O. The molecule has 3 aromatic carbocycles. The Morgan fingerprint density at radius 3 is 2.35 bits per heavy atom. The van der Waals surface area contributed by atoms with Gasteiger partial charge in [0, 0.05) is 5.41 Å². The molecule has 1 heterocycles. The van der Waals surface area contributed by atoms with Crippen molar-refractivity contribution in [1.29, 1.82) is 5.26 Å². The first-order valence-electron chi connectivity index (χ1n) is 10.7. The quantitative estimate of drug-likeness (QED) is 0.531. The van der Waals surface area contributed by atoms with E-state index in [-0.39, 0.29) is 11.2 Å². The fourth-order valence-electron chi connectivity index (χ4n) is 4.36. The molecule has 1 fully saturated rings. The van der Waals surface area contributed by atoms with Gasteiger partial charge in [-0.05, 0) is 85.6 Å². The minimum absolute atomic E-state index is 0.00293. The highest BCUT2D eigenvalue weighted by molar-refractivity contribution is 5.65. The van der Waals surface area contributed by atoms with Crippen LogP contribution < -0.4 is 0 Å². The molecule has 4 heteroatoms. The molecule has 3 nitrogen and oxygen atoms in total. The first-order chi connectivity index (χ1) is 15.1. The number of rotatable bonds is 6. The van der Waals surface area contributed by atoms with Crippen molar-refractivity contribution in [2.45, 2.75) is 24.9 Å². The standard InChI is InChI=1S/C27H27FN2O/c1-30-13-11-27(12-14-30,25-5-3-2-4-6-25)20-31-19-22-15-24(17-26(28)16-22)23-9-7-21(18-29)8-10-23/h2-10,15-17H,11-14,19-20H2,1H3. The lowest BCUT2D eigenvalue weighted by Crippen LogP contribution is -2.43. The second kappa shape index (κ2) is 9.43. The van der Waals surface area contributed by atoms with Gasteiger partial charge in [-0.25, -0.2) is 4.39 Å². The van der Waals surface area contributed by atoms with E-state index in [2.05, 4.69) is 42.3 Å². The van der Waals surface area contributed by atoms with Crippen LogP contribution in [0.2, 0.25) is 0 Å². The van der Waals surface area contributed by atoms with Gasteiger partial charge in [-0.2, -0.15) is 5.26 Å². The molecule has 4 rings (SSSR count). The molecule has 0 aromatic heterocycles. The third kappa shape index (κ3) is 5.02. The molecule has 0 N–H and O–H groups in total. The smallest absolute Gasteiger partial charge is 0.124 e. The average molecular weight is 415 g/mol. The molecule has 1 aliphatic rings. The van der Waals surface area contributed by atoms with Crippen molar-refractivity contribution in [3.05, 3.63) is 95.3 Å². The molecular weight excluding hydrogens is 387 g/mol. The van der Waals surface area contributed by atoms with Crippen LogP contribution in [0.3, 0.4) is 0 Å². The van der Waals surface area contributed by atoms with Gasteiger partial charge >= 0.3 is 0 Å². The van der Waals surface area contributed by atoms with Crippen LogP contribution in [0, 0.1) is 17.1 Å². The monoisotopic (exact) mass is 414 g/mol. The molecule has 0 bridgehead atoms. The van der Waals surface area contributed by atoms with E-state index in [1.54, 1.807) is 12.1 Å². The highest BCUT2D eigenvalue weighted by atomic mass is 19.1. The predicted octanol–water partition coefficient (Wildman–Crippen LogP) is 5.54. The second-order valence-corrected chi connectivity index (χ2v) is 8.48. The number of hydrogen-bond donors (Lipinski definition) is 0. The fourth-order valence-corrected chi connectivity index (χ4v) is 4.36. The van der Waals surface area contributed by atoms with Gasteiger partial charge in [-0.1, -0.05) is 42.5 Å². The van der Waals surface area contributed by atoms with E-state index < -0.39 is 0 Å². The molecule has 0 unspecified atom stereocenters. The highest BCUT2D eigenvalue weighted by Gasteiger charge is 2.35. The summed E-state index contributed by atoms with van der Waals surface area (Å²) in [6.45, 7) is 3.07. The molecule has 1 saturated heterocycles. The Balaban J connectivity index is 1.49. The van der Waals surface area contributed by atoms with Crippen LogP contribution >= 0.6 is 0 Å². The number of ether oxygens (including phenoxy) is 1. The molecule has 158 valence electrons. The van der Waals surface area contributed by atoms with Gasteiger partial charge in [-0.3, -0.25) is 0 Å². The zero-order chi connectivity index (χ0) is 21.7. The van der Waals surface area contributed by atoms with Crippen LogP contribution in [0.1, 0.15) is 29.5 Å². The summed E-state index contributed by atoms with van der Waals surface area (Å²) in [4.78, 5) is 2.36. The summed E-state index contributed by atoms with van der Waals surface area (Å²) in [5, 5.41) is 8.98. The maximum Gasteiger partial charge on any atom is 0.124 e. The van der Waals surface area contributed by atoms with Crippen LogP contribution in [-0.2, 0) is 16.8 Å². The number of hydrogen-bond acceptors (Lipinski definition) is 3. The Bertz CT molecular complexity index is 1050. The van der Waals surface area contributed by atoms with Gasteiger partial charge < -0.3 is 9.64 Å². The molecule has 1 aliphatic heterocycles. The summed E-state index contributed by atoms with van der Waals surface area (Å²) in [5.41, 5.74) is 4.40. The minimum Gasteiger partial charge on any atom is -0.376 e. The van der Waals surface area contributed by atoms with Crippen molar-refractivity contribution in [2.24, 2.45) is 0 Å². The lowest BCUT2D eigenvalue weighted by Gasteiger charge is -2.41. The van der Waals surface area contributed by atoms with Crippen LogP contribution in [-0.4, -0.2) is 31.6 Å². The van der Waals surface area contributed by atoms with E-state index in [1.165, 1.54) is 17.7 Å². The third-order valence-electron chi connectivity index (χ3n) is 6.28. The van der Waals surface area contributed by atoms with Crippen LogP contribution in [0.5, 0.6) is 0 Å². The topological polar surface area (TPSA) is 36.3 Å². The molecule has 0 spiro atoms. The van der Waals surface area contributed by atoms with Gasteiger partial charge in [0.15, 0.2) is 0 Å². The van der Waals surface area contributed by atoms with Crippen LogP contribution in [0.15, 0.2) is 72.8 Å². The Morgan fingerprint density at radius 2 is 1.68 bits per heavy atom. The molecule has 0 atom stereocenters. The number of likely N-dealkylation sites (tertiary alicyclic amines) is 1. The van der Waals surface area contributed by atoms with E-state index in [1.807, 2.05) is 24.3 Å². The van der Waals surface area contributed by atoms with Gasteiger partial charge in [0.05, 0.1) is 24.8 Å². The maximum absolute atomic E-state index is 14.3.